The number of aromatic hydroxyl groups is 1. The van der Waals surface area contributed by atoms with Gasteiger partial charge in [0.2, 0.25) is 5.91 Å². The Balaban J connectivity index is 2.07. The predicted molar refractivity (Wildman–Crippen MR) is 97.2 cm³/mol. The molecular formula is C20H26N2O2. The topological polar surface area (TPSA) is 52.6 Å². The van der Waals surface area contributed by atoms with Gasteiger partial charge in [0.15, 0.2) is 0 Å². The second-order valence-electron chi connectivity index (χ2n) is 6.23. The van der Waals surface area contributed by atoms with E-state index in [9.17, 15) is 9.90 Å². The summed E-state index contributed by atoms with van der Waals surface area (Å²) in [6.07, 6.45) is 1.24. The van der Waals surface area contributed by atoms with Gasteiger partial charge in [0, 0.05) is 24.4 Å². The first-order chi connectivity index (χ1) is 11.6. The highest BCUT2D eigenvalue weighted by atomic mass is 16.3. The Morgan fingerprint density at radius 1 is 1.08 bits per heavy atom. The molecule has 128 valence electrons. The van der Waals surface area contributed by atoms with Gasteiger partial charge in [-0.3, -0.25) is 4.79 Å². The molecule has 1 atom stereocenters. The van der Waals surface area contributed by atoms with Crippen LogP contribution in [0.5, 0.6) is 5.75 Å². The molecular weight excluding hydrogens is 300 g/mol. The normalized spacial score (nSPS) is 12.1. The van der Waals surface area contributed by atoms with Crippen molar-refractivity contribution in [2.24, 2.45) is 0 Å². The van der Waals surface area contributed by atoms with E-state index in [0.29, 0.717) is 13.0 Å². The van der Waals surface area contributed by atoms with Gasteiger partial charge in [0.25, 0.3) is 0 Å². The Morgan fingerprint density at radius 3 is 2.42 bits per heavy atom. The zero-order valence-electron chi connectivity index (χ0n) is 14.4. The maximum absolute atomic E-state index is 12.3. The second-order valence-corrected chi connectivity index (χ2v) is 6.23. The molecule has 0 unspecified atom stereocenters. The van der Waals surface area contributed by atoms with Gasteiger partial charge in [0.05, 0.1) is 0 Å². The summed E-state index contributed by atoms with van der Waals surface area (Å²) in [7, 11) is 4.04. The zero-order chi connectivity index (χ0) is 17.4. The number of carbonyl (C=O) groups excluding carboxylic acids is 1. The molecule has 2 rings (SSSR count). The van der Waals surface area contributed by atoms with E-state index in [2.05, 4.69) is 10.2 Å². The fraction of sp³-hybridized carbons (Fsp3) is 0.350. The molecule has 0 fully saturated rings. The number of phenols is 1. The van der Waals surface area contributed by atoms with Gasteiger partial charge in [-0.05, 0) is 38.7 Å². The molecule has 2 N–H and O–H groups in total. The lowest BCUT2D eigenvalue weighted by Gasteiger charge is -2.19. The van der Waals surface area contributed by atoms with Crippen molar-refractivity contribution < 1.29 is 9.90 Å². The summed E-state index contributed by atoms with van der Waals surface area (Å²) < 4.78 is 0. The zero-order valence-corrected chi connectivity index (χ0v) is 14.4. The molecule has 4 heteroatoms. The van der Waals surface area contributed by atoms with Gasteiger partial charge in [-0.25, -0.2) is 0 Å². The van der Waals surface area contributed by atoms with Crippen LogP contribution in [0.1, 0.15) is 29.9 Å². The minimum atomic E-state index is -0.152. The first kappa shape index (κ1) is 18.0. The Bertz CT molecular complexity index is 641. The third-order valence-corrected chi connectivity index (χ3v) is 4.01. The maximum Gasteiger partial charge on any atom is 0.220 e. The quantitative estimate of drug-likeness (QED) is 0.733. The lowest BCUT2D eigenvalue weighted by atomic mass is 9.87. The summed E-state index contributed by atoms with van der Waals surface area (Å²) in [5.74, 6) is 0.0823. The maximum atomic E-state index is 12.3. The van der Waals surface area contributed by atoms with E-state index in [1.54, 1.807) is 12.1 Å². The van der Waals surface area contributed by atoms with Gasteiger partial charge in [-0.15, -0.1) is 0 Å². The highest BCUT2D eigenvalue weighted by Gasteiger charge is 2.20. The van der Waals surface area contributed by atoms with Crippen molar-refractivity contribution in [3.63, 3.8) is 0 Å². The summed E-state index contributed by atoms with van der Waals surface area (Å²) in [5.41, 5.74) is 1.81. The number of carbonyl (C=O) groups is 1. The minimum Gasteiger partial charge on any atom is -0.508 e. The standard InChI is InChI=1S/C20H26N2O2/c1-22(2)14-8-13-21-20(24)15-18(16-9-4-3-5-10-16)17-11-6-7-12-19(17)23/h3-7,9-12,18,23H,8,13-15H2,1-2H3,(H,21,24)/t18-/m1/s1. The molecule has 24 heavy (non-hydrogen) atoms. The van der Waals surface area contributed by atoms with Gasteiger partial charge >= 0.3 is 0 Å². The van der Waals surface area contributed by atoms with Crippen LogP contribution in [0.2, 0.25) is 0 Å². The fourth-order valence-corrected chi connectivity index (χ4v) is 2.76. The van der Waals surface area contributed by atoms with E-state index in [-0.39, 0.29) is 17.6 Å². The van der Waals surface area contributed by atoms with E-state index in [1.165, 1.54) is 0 Å². The van der Waals surface area contributed by atoms with Crippen LogP contribution in [0.3, 0.4) is 0 Å². The van der Waals surface area contributed by atoms with E-state index < -0.39 is 0 Å². The van der Waals surface area contributed by atoms with Gasteiger partial charge < -0.3 is 15.3 Å². The molecule has 2 aromatic rings. The number of benzene rings is 2. The van der Waals surface area contributed by atoms with Crippen LogP contribution >= 0.6 is 0 Å². The van der Waals surface area contributed by atoms with Crippen molar-refractivity contribution >= 4 is 5.91 Å². The highest BCUT2D eigenvalue weighted by molar-refractivity contribution is 5.77. The molecule has 2 aromatic carbocycles. The Labute approximate surface area is 144 Å². The van der Waals surface area contributed by atoms with Gasteiger partial charge in [-0.1, -0.05) is 48.5 Å². The van der Waals surface area contributed by atoms with Crippen LogP contribution in [0, 0.1) is 0 Å². The van der Waals surface area contributed by atoms with Gasteiger partial charge in [0.1, 0.15) is 5.75 Å². The molecule has 0 aliphatic carbocycles. The van der Waals surface area contributed by atoms with Crippen molar-refractivity contribution in [3.8, 4) is 5.75 Å². The van der Waals surface area contributed by atoms with Gasteiger partial charge in [-0.2, -0.15) is 0 Å². The molecule has 0 bridgehead atoms. The number of para-hydroxylation sites is 1. The summed E-state index contributed by atoms with van der Waals surface area (Å²) in [5, 5.41) is 13.2. The number of hydrogen-bond donors (Lipinski definition) is 2. The fourth-order valence-electron chi connectivity index (χ4n) is 2.76. The molecule has 4 nitrogen and oxygen atoms in total. The molecule has 0 saturated carbocycles. The van der Waals surface area contributed by atoms with Crippen LogP contribution < -0.4 is 5.32 Å². The average molecular weight is 326 g/mol. The molecule has 0 aliphatic rings. The van der Waals surface area contributed by atoms with Crippen molar-refractivity contribution in [2.45, 2.75) is 18.8 Å². The molecule has 1 amide bonds. The SMILES string of the molecule is CN(C)CCCNC(=O)C[C@H](c1ccccc1)c1ccccc1O. The van der Waals surface area contributed by atoms with E-state index in [0.717, 1.165) is 24.1 Å². The number of hydrogen-bond acceptors (Lipinski definition) is 3. The largest absolute Gasteiger partial charge is 0.508 e. The van der Waals surface area contributed by atoms with E-state index >= 15 is 0 Å². The second kappa shape index (κ2) is 9.08. The average Bonchev–Trinajstić information content (AvgIpc) is 2.58. The number of nitrogens with one attached hydrogen (secondary N) is 1. The molecule has 0 spiro atoms. The van der Waals surface area contributed by atoms with Crippen LogP contribution in [-0.4, -0.2) is 43.1 Å². The first-order valence-corrected chi connectivity index (χ1v) is 8.32. The molecule has 0 radical (unpaired) electrons. The smallest absolute Gasteiger partial charge is 0.220 e. The van der Waals surface area contributed by atoms with Crippen LogP contribution in [0.25, 0.3) is 0 Å². The van der Waals surface area contributed by atoms with Crippen molar-refractivity contribution in [3.05, 3.63) is 65.7 Å². The summed E-state index contributed by atoms with van der Waals surface area (Å²) >= 11 is 0. The first-order valence-electron chi connectivity index (χ1n) is 8.32. The minimum absolute atomic E-state index is 0.00543. The third-order valence-electron chi connectivity index (χ3n) is 4.01. The number of nitrogens with zero attached hydrogens (tertiary/aromatic N) is 1. The number of rotatable bonds is 8. The third kappa shape index (κ3) is 5.39. The van der Waals surface area contributed by atoms with E-state index in [1.807, 2.05) is 56.6 Å². The number of phenolic OH excluding ortho intramolecular Hbond substituents is 1. The molecule has 0 aliphatic heterocycles. The monoisotopic (exact) mass is 326 g/mol. The van der Waals surface area contributed by atoms with Crippen LogP contribution in [-0.2, 0) is 4.79 Å². The van der Waals surface area contributed by atoms with Crippen LogP contribution in [0.4, 0.5) is 0 Å². The summed E-state index contributed by atoms with van der Waals surface area (Å²) in [6.45, 7) is 1.61. The Hall–Kier alpha value is -2.33. The number of amides is 1. The lowest BCUT2D eigenvalue weighted by Crippen LogP contribution is -2.28. The Kier molecular flexibility index (Phi) is 6.82. The molecule has 0 heterocycles. The lowest BCUT2D eigenvalue weighted by molar-refractivity contribution is -0.121. The van der Waals surface area contributed by atoms with Crippen molar-refractivity contribution in [1.82, 2.24) is 10.2 Å². The summed E-state index contributed by atoms with van der Waals surface area (Å²) in [4.78, 5) is 14.4. The highest BCUT2D eigenvalue weighted by Crippen LogP contribution is 2.33. The summed E-state index contributed by atoms with van der Waals surface area (Å²) in [6, 6.07) is 17.1. The molecule has 0 aromatic heterocycles. The van der Waals surface area contributed by atoms with E-state index in [4.69, 9.17) is 0 Å². The van der Waals surface area contributed by atoms with Crippen LogP contribution in [0.15, 0.2) is 54.6 Å². The van der Waals surface area contributed by atoms with Crippen molar-refractivity contribution in [2.75, 3.05) is 27.2 Å². The van der Waals surface area contributed by atoms with Crippen molar-refractivity contribution in [1.29, 1.82) is 0 Å². The molecule has 0 saturated heterocycles. The Morgan fingerprint density at radius 2 is 1.75 bits per heavy atom. The predicted octanol–water partition coefficient (Wildman–Crippen LogP) is 2.98.